The highest BCUT2D eigenvalue weighted by Gasteiger charge is 2.33. The van der Waals surface area contributed by atoms with Crippen LogP contribution in [-0.2, 0) is 14.8 Å². The molecule has 0 spiro atoms. The third-order valence-corrected chi connectivity index (χ3v) is 8.50. The molecule has 0 bridgehead atoms. The normalized spacial score (nSPS) is 17.4. The van der Waals surface area contributed by atoms with Gasteiger partial charge in [0.2, 0.25) is 5.91 Å². The van der Waals surface area contributed by atoms with E-state index in [2.05, 4.69) is 37.6 Å². The maximum atomic E-state index is 12.8. The maximum Gasteiger partial charge on any atom is 0.252 e. The Morgan fingerprint density at radius 3 is 2.93 bits per heavy atom. The Bertz CT molecular complexity index is 1020. The summed E-state index contributed by atoms with van der Waals surface area (Å²) < 4.78 is 28.0. The van der Waals surface area contributed by atoms with E-state index >= 15 is 0 Å². The van der Waals surface area contributed by atoms with Crippen molar-refractivity contribution >= 4 is 49.0 Å². The van der Waals surface area contributed by atoms with Crippen molar-refractivity contribution < 1.29 is 13.2 Å². The van der Waals surface area contributed by atoms with Crippen molar-refractivity contribution in [2.45, 2.75) is 17.1 Å². The van der Waals surface area contributed by atoms with E-state index in [4.69, 9.17) is 5.26 Å². The van der Waals surface area contributed by atoms with Crippen molar-refractivity contribution in [3.63, 3.8) is 0 Å². The maximum absolute atomic E-state index is 12.8. The van der Waals surface area contributed by atoms with Gasteiger partial charge in [0.15, 0.2) is 0 Å². The second kappa shape index (κ2) is 9.67. The summed E-state index contributed by atoms with van der Waals surface area (Å²) in [6, 6.07) is 8.68. The number of hydrogen-bond donors (Lipinski definition) is 2. The highest BCUT2D eigenvalue weighted by molar-refractivity contribution is 9.11. The number of hydrogen-bond acceptors (Lipinski definition) is 7. The first-order valence-corrected chi connectivity index (χ1v) is 12.1. The van der Waals surface area contributed by atoms with Crippen LogP contribution in [0.2, 0.25) is 0 Å². The molecule has 2 aromatic rings. The van der Waals surface area contributed by atoms with Crippen LogP contribution in [0.1, 0.15) is 18.4 Å². The number of carbonyl (C=O) groups excluding carboxylic acids is 1. The molecule has 2 aromatic heterocycles. The van der Waals surface area contributed by atoms with Crippen molar-refractivity contribution in [1.29, 1.82) is 5.26 Å². The van der Waals surface area contributed by atoms with Gasteiger partial charge in [-0.1, -0.05) is 0 Å². The Morgan fingerprint density at radius 1 is 1.38 bits per heavy atom. The number of sulfonamides is 1. The summed E-state index contributed by atoms with van der Waals surface area (Å²) in [5, 5.41) is 14.9. The Morgan fingerprint density at radius 2 is 2.21 bits per heavy atom. The summed E-state index contributed by atoms with van der Waals surface area (Å²) in [5.74, 6) is -0.0756. The van der Waals surface area contributed by atoms with E-state index in [1.54, 1.807) is 30.5 Å². The van der Waals surface area contributed by atoms with Crippen LogP contribution in [0, 0.1) is 17.2 Å². The van der Waals surface area contributed by atoms with Crippen molar-refractivity contribution in [1.82, 2.24) is 14.6 Å². The highest BCUT2D eigenvalue weighted by atomic mass is 79.9. The summed E-state index contributed by atoms with van der Waals surface area (Å²) in [4.78, 5) is 16.6. The Kier molecular flexibility index (Phi) is 7.23. The van der Waals surface area contributed by atoms with E-state index in [-0.39, 0.29) is 22.6 Å². The van der Waals surface area contributed by atoms with Crippen molar-refractivity contribution in [2.24, 2.45) is 5.92 Å². The minimum atomic E-state index is -3.59. The average molecular weight is 498 g/mol. The fourth-order valence-corrected chi connectivity index (χ4v) is 6.77. The topological polar surface area (TPSA) is 115 Å². The van der Waals surface area contributed by atoms with Crippen LogP contribution < -0.4 is 10.6 Å². The smallest absolute Gasteiger partial charge is 0.252 e. The molecule has 154 valence electrons. The lowest BCUT2D eigenvalue weighted by Gasteiger charge is -2.30. The van der Waals surface area contributed by atoms with E-state index in [9.17, 15) is 13.2 Å². The molecule has 1 saturated heterocycles. The number of carbonyl (C=O) groups is 1. The van der Waals surface area contributed by atoms with Crippen molar-refractivity contribution in [3.05, 3.63) is 39.8 Å². The van der Waals surface area contributed by atoms with Crippen LogP contribution in [0.15, 0.2) is 38.5 Å². The van der Waals surface area contributed by atoms with Gasteiger partial charge in [0.05, 0.1) is 15.3 Å². The third kappa shape index (κ3) is 5.33. The minimum Gasteiger partial charge on any atom is -0.367 e. The summed E-state index contributed by atoms with van der Waals surface area (Å²) in [6.45, 7) is 1.35. The first kappa shape index (κ1) is 21.7. The zero-order valence-corrected chi connectivity index (χ0v) is 18.7. The zero-order chi connectivity index (χ0) is 20.9. The number of pyridine rings is 1. The Hall–Kier alpha value is -2.00. The first-order chi connectivity index (χ1) is 13.9. The fourth-order valence-electron chi connectivity index (χ4n) is 3.09. The molecule has 0 aromatic carbocycles. The predicted octanol–water partition coefficient (Wildman–Crippen LogP) is 2.41. The number of nitrogens with one attached hydrogen (secondary N) is 2. The van der Waals surface area contributed by atoms with Gasteiger partial charge < -0.3 is 10.6 Å². The summed E-state index contributed by atoms with van der Waals surface area (Å²) >= 11 is 4.45. The molecule has 0 saturated carbocycles. The van der Waals surface area contributed by atoms with Crippen LogP contribution >= 0.6 is 27.3 Å². The van der Waals surface area contributed by atoms with Gasteiger partial charge in [-0.2, -0.15) is 9.57 Å². The van der Waals surface area contributed by atoms with E-state index in [0.29, 0.717) is 43.9 Å². The number of piperidine rings is 1. The van der Waals surface area contributed by atoms with Crippen LogP contribution in [0.5, 0.6) is 0 Å². The first-order valence-electron chi connectivity index (χ1n) is 9.04. The quantitative estimate of drug-likeness (QED) is 0.567. The van der Waals surface area contributed by atoms with Gasteiger partial charge in [-0.05, 0) is 53.0 Å². The molecule has 1 aliphatic rings. The monoisotopic (exact) mass is 497 g/mol. The molecule has 1 aliphatic heterocycles. The molecule has 3 heterocycles. The average Bonchev–Trinajstić information content (AvgIpc) is 3.18. The molecule has 1 unspecified atom stereocenters. The molecule has 3 rings (SSSR count). The molecule has 1 atom stereocenters. The van der Waals surface area contributed by atoms with Crippen molar-refractivity contribution in [3.8, 4) is 6.07 Å². The zero-order valence-electron chi connectivity index (χ0n) is 15.5. The number of thiophene rings is 1. The number of amides is 1. The fraction of sp³-hybridized carbons (Fsp3) is 0.389. The molecule has 0 aliphatic carbocycles. The number of rotatable bonds is 7. The molecule has 8 nitrogen and oxygen atoms in total. The van der Waals surface area contributed by atoms with Gasteiger partial charge in [-0.15, -0.1) is 11.3 Å². The number of anilines is 1. The number of aromatic nitrogens is 1. The number of nitriles is 1. The van der Waals surface area contributed by atoms with E-state index in [0.717, 1.165) is 3.79 Å². The van der Waals surface area contributed by atoms with Gasteiger partial charge in [0.25, 0.3) is 10.0 Å². The molecular formula is C18H20BrN5O3S2. The van der Waals surface area contributed by atoms with Crippen LogP contribution in [-0.4, -0.2) is 49.8 Å². The molecule has 0 radical (unpaired) electrons. The van der Waals surface area contributed by atoms with E-state index in [1.165, 1.54) is 15.6 Å². The van der Waals surface area contributed by atoms with Crippen LogP contribution in [0.25, 0.3) is 0 Å². The molecular weight excluding hydrogens is 478 g/mol. The lowest BCUT2D eigenvalue weighted by atomic mass is 9.99. The Balaban J connectivity index is 1.51. The van der Waals surface area contributed by atoms with E-state index in [1.807, 2.05) is 0 Å². The number of halogens is 1. The highest BCUT2D eigenvalue weighted by Crippen LogP contribution is 2.30. The lowest BCUT2D eigenvalue weighted by Crippen LogP contribution is -2.45. The number of nitrogens with zero attached hydrogens (tertiary/aromatic N) is 3. The molecule has 2 N–H and O–H groups in total. The summed E-state index contributed by atoms with van der Waals surface area (Å²) in [5.41, 5.74) is 0.437. The van der Waals surface area contributed by atoms with Gasteiger partial charge in [0, 0.05) is 32.4 Å². The lowest BCUT2D eigenvalue weighted by molar-refractivity contribution is -0.125. The molecule has 1 fully saturated rings. The van der Waals surface area contributed by atoms with Crippen molar-refractivity contribution in [2.75, 3.05) is 31.5 Å². The second-order valence-electron chi connectivity index (χ2n) is 6.49. The standard InChI is InChI=1S/C18H20BrN5O3S2/c19-15-5-6-16(28-15)29(26,27)24-10-2-4-14(12-24)18(25)23-9-8-22-17-13(11-20)3-1-7-21-17/h1,3,5-7,14H,2,4,8-10,12H2,(H,21,22)(H,23,25). The van der Waals surface area contributed by atoms with Crippen LogP contribution in [0.3, 0.4) is 0 Å². The minimum absolute atomic E-state index is 0.166. The summed E-state index contributed by atoms with van der Waals surface area (Å²) in [6.07, 6.45) is 2.88. The third-order valence-electron chi connectivity index (χ3n) is 4.54. The van der Waals surface area contributed by atoms with Gasteiger partial charge in [0.1, 0.15) is 16.1 Å². The molecule has 1 amide bonds. The SMILES string of the molecule is N#Cc1cccnc1NCCNC(=O)C1CCCN(S(=O)(=O)c2ccc(Br)s2)C1. The van der Waals surface area contributed by atoms with Crippen LogP contribution in [0.4, 0.5) is 5.82 Å². The van der Waals surface area contributed by atoms with Gasteiger partial charge in [-0.3, -0.25) is 4.79 Å². The largest absolute Gasteiger partial charge is 0.367 e. The molecule has 11 heteroatoms. The Labute approximate surface area is 182 Å². The summed E-state index contributed by atoms with van der Waals surface area (Å²) in [7, 11) is -3.59. The predicted molar refractivity (Wildman–Crippen MR) is 114 cm³/mol. The van der Waals surface area contributed by atoms with Gasteiger partial charge in [-0.25, -0.2) is 13.4 Å². The molecule has 29 heavy (non-hydrogen) atoms. The van der Waals surface area contributed by atoms with Gasteiger partial charge >= 0.3 is 0 Å². The second-order valence-corrected chi connectivity index (χ2v) is 11.1. The van der Waals surface area contributed by atoms with E-state index < -0.39 is 10.0 Å².